The molecule has 130 valence electrons. The van der Waals surface area contributed by atoms with Crippen LogP contribution in [0.5, 0.6) is 0 Å². The summed E-state index contributed by atoms with van der Waals surface area (Å²) in [4.78, 5) is 4.07. The third-order valence-electron chi connectivity index (χ3n) is 5.95. The monoisotopic (exact) mass is 354 g/mol. The molecule has 0 saturated carbocycles. The molecule has 2 nitrogen and oxygen atoms in total. The summed E-state index contributed by atoms with van der Waals surface area (Å²) in [7, 11) is 0. The van der Waals surface area contributed by atoms with Crippen molar-refractivity contribution in [2.75, 3.05) is 30.3 Å². The number of hydrogen-bond donors (Lipinski definition) is 1. The molecule has 1 saturated heterocycles. The standard InChI is InChI=1S/C21H23FN2S/c1-13-3-4-15(22)11-16(13)14-9-17-18-12-23-6-5-19(18)24-7-2-8-25-20(10-14)21(17)24/h3-4,9-11,18-19,23H,2,5-8,12H2,1H3/t18-,19-/m0/s1. The summed E-state index contributed by atoms with van der Waals surface area (Å²) in [6.45, 7) is 5.42. The Bertz CT molecular complexity index is 835. The zero-order valence-electron chi connectivity index (χ0n) is 14.5. The van der Waals surface area contributed by atoms with E-state index in [1.54, 1.807) is 12.1 Å². The van der Waals surface area contributed by atoms with Crippen LogP contribution in [0, 0.1) is 12.7 Å². The van der Waals surface area contributed by atoms with Gasteiger partial charge in [0.1, 0.15) is 5.82 Å². The van der Waals surface area contributed by atoms with Gasteiger partial charge >= 0.3 is 0 Å². The Morgan fingerprint density at radius 1 is 1.24 bits per heavy atom. The van der Waals surface area contributed by atoms with Crippen molar-refractivity contribution in [3.8, 4) is 11.1 Å². The predicted octanol–water partition coefficient (Wildman–Crippen LogP) is 4.56. The molecule has 1 fully saturated rings. The molecule has 1 N–H and O–H groups in total. The summed E-state index contributed by atoms with van der Waals surface area (Å²) in [6, 6.07) is 10.4. The van der Waals surface area contributed by atoms with E-state index in [9.17, 15) is 4.39 Å². The molecular formula is C21H23FN2S. The maximum Gasteiger partial charge on any atom is 0.123 e. The number of benzene rings is 2. The van der Waals surface area contributed by atoms with Crippen molar-refractivity contribution in [2.24, 2.45) is 0 Å². The second-order valence-corrected chi connectivity index (χ2v) is 8.57. The molecule has 0 bridgehead atoms. The Balaban J connectivity index is 1.70. The van der Waals surface area contributed by atoms with E-state index in [0.717, 1.165) is 24.2 Å². The van der Waals surface area contributed by atoms with Crippen molar-refractivity contribution in [3.63, 3.8) is 0 Å². The van der Waals surface area contributed by atoms with Crippen LogP contribution < -0.4 is 10.2 Å². The summed E-state index contributed by atoms with van der Waals surface area (Å²) in [5.74, 6) is 1.58. The zero-order valence-corrected chi connectivity index (χ0v) is 15.3. The van der Waals surface area contributed by atoms with Crippen molar-refractivity contribution in [2.45, 2.75) is 36.6 Å². The summed E-state index contributed by atoms with van der Waals surface area (Å²) in [5.41, 5.74) is 6.29. The quantitative estimate of drug-likeness (QED) is 0.808. The van der Waals surface area contributed by atoms with Crippen LogP contribution in [0.3, 0.4) is 0 Å². The molecule has 3 aliphatic rings. The highest BCUT2D eigenvalue weighted by Gasteiger charge is 2.41. The van der Waals surface area contributed by atoms with Crippen molar-refractivity contribution < 1.29 is 4.39 Å². The smallest absolute Gasteiger partial charge is 0.123 e. The van der Waals surface area contributed by atoms with Gasteiger partial charge in [-0.2, -0.15) is 0 Å². The molecule has 0 unspecified atom stereocenters. The SMILES string of the molecule is Cc1ccc(F)cc1-c1cc2c3c(c1)[C@@H]1CNCC[C@@H]1N3CCCS2. The molecule has 0 aliphatic carbocycles. The second-order valence-electron chi connectivity index (χ2n) is 7.43. The van der Waals surface area contributed by atoms with E-state index in [-0.39, 0.29) is 5.82 Å². The van der Waals surface area contributed by atoms with E-state index in [0.29, 0.717) is 12.0 Å². The number of halogens is 1. The first-order valence-corrected chi connectivity index (χ1v) is 10.3. The van der Waals surface area contributed by atoms with Crippen LogP contribution in [0.15, 0.2) is 35.2 Å². The zero-order chi connectivity index (χ0) is 17.0. The number of hydrogen-bond acceptors (Lipinski definition) is 3. The highest BCUT2D eigenvalue weighted by Crippen LogP contribution is 2.51. The fourth-order valence-corrected chi connectivity index (χ4v) is 5.86. The molecule has 2 aromatic rings. The van der Waals surface area contributed by atoms with E-state index in [4.69, 9.17) is 0 Å². The van der Waals surface area contributed by atoms with E-state index >= 15 is 0 Å². The van der Waals surface area contributed by atoms with E-state index < -0.39 is 0 Å². The molecule has 2 atom stereocenters. The lowest BCUT2D eigenvalue weighted by atomic mass is 9.88. The van der Waals surface area contributed by atoms with Crippen LogP contribution in [0.2, 0.25) is 0 Å². The van der Waals surface area contributed by atoms with Crippen molar-refractivity contribution in [3.05, 3.63) is 47.3 Å². The van der Waals surface area contributed by atoms with Gasteiger partial charge in [0, 0.05) is 29.9 Å². The minimum absolute atomic E-state index is 0.154. The number of nitrogens with one attached hydrogen (secondary N) is 1. The van der Waals surface area contributed by atoms with Gasteiger partial charge in [0.2, 0.25) is 0 Å². The van der Waals surface area contributed by atoms with Gasteiger partial charge in [-0.25, -0.2) is 4.39 Å². The highest BCUT2D eigenvalue weighted by molar-refractivity contribution is 7.99. The molecule has 25 heavy (non-hydrogen) atoms. The average molecular weight is 354 g/mol. The van der Waals surface area contributed by atoms with Crippen LogP contribution in [0.1, 0.15) is 29.9 Å². The van der Waals surface area contributed by atoms with Crippen LogP contribution >= 0.6 is 11.8 Å². The Kier molecular flexibility index (Phi) is 3.79. The summed E-state index contributed by atoms with van der Waals surface area (Å²) in [5, 5.41) is 3.58. The molecule has 0 amide bonds. The van der Waals surface area contributed by atoms with Crippen molar-refractivity contribution in [1.29, 1.82) is 0 Å². The molecule has 0 radical (unpaired) electrons. The maximum absolute atomic E-state index is 13.9. The van der Waals surface area contributed by atoms with E-state index in [2.05, 4.69) is 29.3 Å². The third-order valence-corrected chi connectivity index (χ3v) is 7.06. The molecule has 3 aliphatic heterocycles. The first-order chi connectivity index (χ1) is 12.2. The van der Waals surface area contributed by atoms with E-state index in [1.165, 1.54) is 46.8 Å². The Labute approximate surface area is 152 Å². The first kappa shape index (κ1) is 15.7. The van der Waals surface area contributed by atoms with Gasteiger partial charge in [-0.3, -0.25) is 0 Å². The second kappa shape index (κ2) is 6.03. The minimum atomic E-state index is -0.154. The fraction of sp³-hybridized carbons (Fsp3) is 0.429. The Morgan fingerprint density at radius 3 is 3.08 bits per heavy atom. The van der Waals surface area contributed by atoms with Gasteiger partial charge in [-0.1, -0.05) is 6.07 Å². The van der Waals surface area contributed by atoms with Gasteiger partial charge in [0.05, 0.1) is 5.69 Å². The number of rotatable bonds is 1. The molecule has 3 heterocycles. The first-order valence-electron chi connectivity index (χ1n) is 9.27. The molecule has 0 aromatic heterocycles. The summed E-state index contributed by atoms with van der Waals surface area (Å²) in [6.07, 6.45) is 2.46. The number of fused-ring (bicyclic) bond motifs is 3. The van der Waals surface area contributed by atoms with Crippen LogP contribution in [-0.2, 0) is 0 Å². The highest BCUT2D eigenvalue weighted by atomic mass is 32.2. The van der Waals surface area contributed by atoms with Crippen LogP contribution in [-0.4, -0.2) is 31.4 Å². The lowest BCUT2D eigenvalue weighted by Crippen LogP contribution is -2.44. The van der Waals surface area contributed by atoms with Gasteiger partial charge < -0.3 is 10.2 Å². The van der Waals surface area contributed by atoms with Gasteiger partial charge in [0.25, 0.3) is 0 Å². The number of nitrogens with zero attached hydrogens (tertiary/aromatic N) is 1. The predicted molar refractivity (Wildman–Crippen MR) is 103 cm³/mol. The molecule has 2 aromatic carbocycles. The lowest BCUT2D eigenvalue weighted by molar-refractivity contribution is 0.403. The van der Waals surface area contributed by atoms with Crippen molar-refractivity contribution >= 4 is 17.4 Å². The summed E-state index contributed by atoms with van der Waals surface area (Å²) < 4.78 is 13.9. The number of anilines is 1. The normalized spacial score (nSPS) is 24.6. The Morgan fingerprint density at radius 2 is 2.16 bits per heavy atom. The van der Waals surface area contributed by atoms with Crippen LogP contribution in [0.4, 0.5) is 10.1 Å². The van der Waals surface area contributed by atoms with E-state index in [1.807, 2.05) is 17.8 Å². The molecule has 5 rings (SSSR count). The van der Waals surface area contributed by atoms with Crippen molar-refractivity contribution in [1.82, 2.24) is 5.32 Å². The van der Waals surface area contributed by atoms with Gasteiger partial charge in [-0.15, -0.1) is 11.8 Å². The summed E-state index contributed by atoms with van der Waals surface area (Å²) >= 11 is 1.98. The van der Waals surface area contributed by atoms with Crippen LogP contribution in [0.25, 0.3) is 11.1 Å². The van der Waals surface area contributed by atoms with Gasteiger partial charge in [-0.05, 0) is 78.6 Å². The largest absolute Gasteiger partial charge is 0.367 e. The Hall–Kier alpha value is -1.52. The number of thioether (sulfide) groups is 1. The van der Waals surface area contributed by atoms with Gasteiger partial charge in [0.15, 0.2) is 0 Å². The fourth-order valence-electron chi connectivity index (χ4n) is 4.79. The third kappa shape index (κ3) is 2.49. The molecule has 4 heteroatoms. The maximum atomic E-state index is 13.9. The lowest BCUT2D eigenvalue weighted by Gasteiger charge is -2.33. The topological polar surface area (TPSA) is 15.3 Å². The number of piperidine rings is 1. The average Bonchev–Trinajstić information content (AvgIpc) is 2.79. The molecule has 0 spiro atoms. The minimum Gasteiger partial charge on any atom is -0.367 e. The number of aryl methyl sites for hydroxylation is 1. The molecular weight excluding hydrogens is 331 g/mol.